The van der Waals surface area contributed by atoms with Crippen LogP contribution in [0.5, 0.6) is 5.75 Å². The number of piperidine rings is 1. The largest absolute Gasteiger partial charge is 0.573 e. The molecule has 1 aromatic heterocycles. The summed E-state index contributed by atoms with van der Waals surface area (Å²) in [4.78, 5) is 31.9. The molecule has 0 bridgehead atoms. The highest BCUT2D eigenvalue weighted by Crippen LogP contribution is 2.40. The number of Topliss-reactive ketones (excluding diaryl/α,β-unsaturated/α-hetero) is 1. The van der Waals surface area contributed by atoms with Crippen molar-refractivity contribution in [3.8, 4) is 17.1 Å². The monoisotopic (exact) mass is 534 g/mol. The number of alkyl halides is 3. The second kappa shape index (κ2) is 10.2. The maximum absolute atomic E-state index is 12.4. The molecule has 0 saturated carbocycles. The van der Waals surface area contributed by atoms with Crippen LogP contribution in [0.4, 0.5) is 13.2 Å². The molecule has 0 aliphatic carbocycles. The smallest absolute Gasteiger partial charge is 0.406 e. The second-order valence-corrected chi connectivity index (χ2v) is 9.44. The quantitative estimate of drug-likeness (QED) is 0.403. The summed E-state index contributed by atoms with van der Waals surface area (Å²) in [6.45, 7) is 2.48. The Hall–Kier alpha value is -3.28. The van der Waals surface area contributed by atoms with Gasteiger partial charge in [-0.15, -0.1) is 13.2 Å². The average molecular weight is 535 g/mol. The Morgan fingerprint density at radius 3 is 2.54 bits per heavy atom. The zero-order chi connectivity index (χ0) is 26.2. The lowest BCUT2D eigenvalue weighted by Crippen LogP contribution is -2.33. The van der Waals surface area contributed by atoms with E-state index in [4.69, 9.17) is 16.1 Å². The van der Waals surface area contributed by atoms with Gasteiger partial charge in [-0.05, 0) is 41.0 Å². The molecular formula is C25H22ClF3N4O4. The SMILES string of the molecule is O=CC1c2c(Cl)cc(-c3noc(CN4CCC(=O)CC4)n3)cc2CN1Cc1ccc(OC(F)(F)F)cc1. The molecule has 2 aromatic carbocycles. The lowest BCUT2D eigenvalue weighted by atomic mass is 10.0. The van der Waals surface area contributed by atoms with Gasteiger partial charge in [-0.3, -0.25) is 14.6 Å². The summed E-state index contributed by atoms with van der Waals surface area (Å²) in [7, 11) is 0. The number of ether oxygens (including phenoxy) is 1. The van der Waals surface area contributed by atoms with E-state index in [1.807, 2.05) is 11.0 Å². The van der Waals surface area contributed by atoms with E-state index in [0.717, 1.165) is 11.8 Å². The summed E-state index contributed by atoms with van der Waals surface area (Å²) in [5.41, 5.74) is 2.87. The third-order valence-electron chi connectivity index (χ3n) is 6.45. The number of carbonyl (C=O) groups is 2. The number of rotatable bonds is 7. The molecule has 5 rings (SSSR count). The van der Waals surface area contributed by atoms with Crippen LogP contribution in [0.2, 0.25) is 5.02 Å². The maximum atomic E-state index is 12.4. The van der Waals surface area contributed by atoms with E-state index in [1.165, 1.54) is 24.3 Å². The number of likely N-dealkylation sites (tertiary alicyclic amines) is 1. The first-order chi connectivity index (χ1) is 17.7. The van der Waals surface area contributed by atoms with Crippen LogP contribution in [0.3, 0.4) is 0 Å². The van der Waals surface area contributed by atoms with Crippen LogP contribution in [-0.2, 0) is 29.2 Å². The van der Waals surface area contributed by atoms with E-state index in [9.17, 15) is 22.8 Å². The fourth-order valence-electron chi connectivity index (χ4n) is 4.69. The van der Waals surface area contributed by atoms with Crippen molar-refractivity contribution in [3.05, 3.63) is 64.0 Å². The van der Waals surface area contributed by atoms with Crippen LogP contribution >= 0.6 is 11.6 Å². The lowest BCUT2D eigenvalue weighted by Gasteiger charge is -2.23. The first-order valence-electron chi connectivity index (χ1n) is 11.6. The highest BCUT2D eigenvalue weighted by Gasteiger charge is 2.34. The predicted octanol–water partition coefficient (Wildman–Crippen LogP) is 4.71. The molecular weight excluding hydrogens is 513 g/mol. The summed E-state index contributed by atoms with van der Waals surface area (Å²) in [5, 5.41) is 4.47. The van der Waals surface area contributed by atoms with Gasteiger partial charge in [-0.1, -0.05) is 28.9 Å². The van der Waals surface area contributed by atoms with E-state index in [0.29, 0.717) is 79.0 Å². The van der Waals surface area contributed by atoms with Crippen molar-refractivity contribution in [1.82, 2.24) is 19.9 Å². The highest BCUT2D eigenvalue weighted by atomic mass is 35.5. The Balaban J connectivity index is 1.30. The van der Waals surface area contributed by atoms with Gasteiger partial charge < -0.3 is 14.1 Å². The topological polar surface area (TPSA) is 88.8 Å². The lowest BCUT2D eigenvalue weighted by molar-refractivity contribution is -0.274. The molecule has 2 aliphatic heterocycles. The van der Waals surface area contributed by atoms with Crippen LogP contribution in [0, 0.1) is 0 Å². The zero-order valence-corrected chi connectivity index (χ0v) is 20.3. The van der Waals surface area contributed by atoms with Gasteiger partial charge in [0.1, 0.15) is 17.8 Å². The van der Waals surface area contributed by atoms with E-state index < -0.39 is 12.4 Å². The first-order valence-corrected chi connectivity index (χ1v) is 12.0. The second-order valence-electron chi connectivity index (χ2n) is 9.04. The van der Waals surface area contributed by atoms with E-state index >= 15 is 0 Å². The van der Waals surface area contributed by atoms with E-state index in [1.54, 1.807) is 6.07 Å². The molecule has 1 fully saturated rings. The number of benzene rings is 2. The number of hydrogen-bond donors (Lipinski definition) is 0. The van der Waals surface area contributed by atoms with Crippen LogP contribution < -0.4 is 4.74 Å². The Morgan fingerprint density at radius 1 is 1.14 bits per heavy atom. The first kappa shape index (κ1) is 25.4. The predicted molar refractivity (Wildman–Crippen MR) is 125 cm³/mol. The number of halogens is 4. The Kier molecular flexibility index (Phi) is 7.02. The molecule has 1 unspecified atom stereocenters. The van der Waals surface area contributed by atoms with Gasteiger partial charge in [0.25, 0.3) is 0 Å². The van der Waals surface area contributed by atoms with Crippen molar-refractivity contribution in [2.24, 2.45) is 0 Å². The van der Waals surface area contributed by atoms with Gasteiger partial charge in [0.15, 0.2) is 0 Å². The Bertz CT molecular complexity index is 1300. The minimum absolute atomic E-state index is 0.255. The number of hydrogen-bond acceptors (Lipinski definition) is 8. The van der Waals surface area contributed by atoms with Crippen molar-refractivity contribution in [2.45, 2.75) is 44.9 Å². The number of aromatic nitrogens is 2. The van der Waals surface area contributed by atoms with Gasteiger partial charge in [-0.2, -0.15) is 4.98 Å². The summed E-state index contributed by atoms with van der Waals surface area (Å²) < 4.78 is 46.6. The number of nitrogens with zero attached hydrogens (tertiary/aromatic N) is 4. The van der Waals surface area contributed by atoms with Gasteiger partial charge in [0.2, 0.25) is 11.7 Å². The van der Waals surface area contributed by atoms with Gasteiger partial charge in [0.05, 0.1) is 12.6 Å². The van der Waals surface area contributed by atoms with E-state index in [-0.39, 0.29) is 11.5 Å². The maximum Gasteiger partial charge on any atom is 0.573 e. The summed E-state index contributed by atoms with van der Waals surface area (Å²) in [6.07, 6.45) is -2.93. The third-order valence-corrected chi connectivity index (χ3v) is 6.76. The molecule has 1 atom stereocenters. The number of carbonyl (C=O) groups excluding carboxylic acids is 2. The average Bonchev–Trinajstić information content (AvgIpc) is 3.45. The van der Waals surface area contributed by atoms with Gasteiger partial charge in [0, 0.05) is 49.6 Å². The van der Waals surface area contributed by atoms with Crippen molar-refractivity contribution >= 4 is 23.7 Å². The third kappa shape index (κ3) is 5.84. The van der Waals surface area contributed by atoms with Gasteiger partial charge >= 0.3 is 6.36 Å². The van der Waals surface area contributed by atoms with Gasteiger partial charge in [-0.25, -0.2) is 0 Å². The molecule has 1 saturated heterocycles. The molecule has 2 aliphatic rings. The van der Waals surface area contributed by atoms with E-state index in [2.05, 4.69) is 19.8 Å². The minimum atomic E-state index is -4.76. The molecule has 3 heterocycles. The van der Waals surface area contributed by atoms with Crippen LogP contribution in [0.15, 0.2) is 40.9 Å². The Labute approximate surface area is 214 Å². The zero-order valence-electron chi connectivity index (χ0n) is 19.5. The van der Waals surface area contributed by atoms with Crippen molar-refractivity contribution in [2.75, 3.05) is 13.1 Å². The number of aldehydes is 1. The molecule has 0 N–H and O–H groups in total. The molecule has 0 radical (unpaired) electrons. The fraction of sp³-hybridized carbons (Fsp3) is 0.360. The summed E-state index contributed by atoms with van der Waals surface area (Å²) in [6, 6.07) is 8.48. The molecule has 8 nitrogen and oxygen atoms in total. The molecule has 3 aromatic rings. The van der Waals surface area contributed by atoms with Crippen LogP contribution in [0.1, 0.15) is 41.5 Å². The summed E-state index contributed by atoms with van der Waals surface area (Å²) in [5.74, 6) is 0.750. The molecule has 37 heavy (non-hydrogen) atoms. The fourth-order valence-corrected chi connectivity index (χ4v) is 5.04. The normalized spacial score (nSPS) is 18.7. The highest BCUT2D eigenvalue weighted by molar-refractivity contribution is 6.32. The number of ketones is 1. The molecule has 194 valence electrons. The molecule has 0 amide bonds. The number of fused-ring (bicyclic) bond motifs is 1. The van der Waals surface area contributed by atoms with Crippen LogP contribution in [-0.4, -0.2) is 51.5 Å². The van der Waals surface area contributed by atoms with Crippen molar-refractivity contribution in [1.29, 1.82) is 0 Å². The van der Waals surface area contributed by atoms with Crippen molar-refractivity contribution < 1.29 is 32.0 Å². The van der Waals surface area contributed by atoms with Crippen molar-refractivity contribution in [3.63, 3.8) is 0 Å². The standard InChI is InChI=1S/C25H22ClF3N4O4/c26-20-10-16(24-30-22(37-31-24)13-32-7-5-18(35)6-8-32)9-17-12-33(21(14-34)23(17)20)11-15-1-3-19(4-2-15)36-25(27,28)29/h1-4,9-10,14,21H,5-8,11-13H2. The minimum Gasteiger partial charge on any atom is -0.406 e. The summed E-state index contributed by atoms with van der Waals surface area (Å²) >= 11 is 6.59. The Morgan fingerprint density at radius 2 is 1.86 bits per heavy atom. The molecule has 12 heteroatoms. The van der Waals surface area contributed by atoms with Crippen LogP contribution in [0.25, 0.3) is 11.4 Å². The molecule has 0 spiro atoms.